The molecule has 1 aliphatic heterocycles. The van der Waals surface area contributed by atoms with Gasteiger partial charge in [0.1, 0.15) is 0 Å². The van der Waals surface area contributed by atoms with Crippen LogP contribution in [0.1, 0.15) is 36.5 Å². The van der Waals surface area contributed by atoms with E-state index in [1.165, 1.54) is 0 Å². The lowest BCUT2D eigenvalue weighted by Crippen LogP contribution is -2.32. The lowest BCUT2D eigenvalue weighted by atomic mass is 10.1. The molecule has 0 saturated carbocycles. The van der Waals surface area contributed by atoms with Crippen LogP contribution in [0.15, 0.2) is 24.3 Å². The Kier molecular flexibility index (Phi) is 5.12. The third kappa shape index (κ3) is 3.81. The van der Waals surface area contributed by atoms with Crippen LogP contribution in [-0.2, 0) is 9.53 Å². The van der Waals surface area contributed by atoms with Crippen LogP contribution in [0.4, 0.5) is 5.69 Å². The smallest absolute Gasteiger partial charge is 0.253 e. The van der Waals surface area contributed by atoms with Crippen molar-refractivity contribution in [3.05, 3.63) is 29.8 Å². The summed E-state index contributed by atoms with van der Waals surface area (Å²) in [5.74, 6) is -0.295. The number of hydrogen-bond acceptors (Lipinski definition) is 3. The van der Waals surface area contributed by atoms with Crippen molar-refractivity contribution in [2.45, 2.75) is 32.3 Å². The molecule has 1 fully saturated rings. The molecule has 1 aliphatic rings. The Hall–Kier alpha value is -1.88. The molecule has 1 aromatic carbocycles. The third-order valence-electron chi connectivity index (χ3n) is 3.28. The molecule has 0 bridgehead atoms. The van der Waals surface area contributed by atoms with E-state index in [-0.39, 0.29) is 17.9 Å². The molecule has 1 saturated heterocycles. The summed E-state index contributed by atoms with van der Waals surface area (Å²) in [6, 6.07) is 7.01. The van der Waals surface area contributed by atoms with Crippen molar-refractivity contribution in [3.8, 4) is 0 Å². The Morgan fingerprint density at radius 1 is 1.35 bits per heavy atom. The first kappa shape index (κ1) is 14.5. The summed E-state index contributed by atoms with van der Waals surface area (Å²) >= 11 is 0. The van der Waals surface area contributed by atoms with Gasteiger partial charge in [-0.3, -0.25) is 9.59 Å². The zero-order chi connectivity index (χ0) is 14.4. The summed E-state index contributed by atoms with van der Waals surface area (Å²) in [4.78, 5) is 23.6. The van der Waals surface area contributed by atoms with Gasteiger partial charge in [0, 0.05) is 19.6 Å². The molecule has 0 radical (unpaired) electrons. The number of para-hydroxylation sites is 1. The van der Waals surface area contributed by atoms with Crippen LogP contribution >= 0.6 is 0 Å². The fourth-order valence-corrected chi connectivity index (χ4v) is 2.14. The van der Waals surface area contributed by atoms with Gasteiger partial charge >= 0.3 is 0 Å². The number of anilines is 1. The minimum absolute atomic E-state index is 0.107. The maximum absolute atomic E-state index is 12.2. The molecule has 0 spiro atoms. The summed E-state index contributed by atoms with van der Waals surface area (Å²) in [7, 11) is 0. The molecular formula is C15H20N2O3. The minimum atomic E-state index is -0.187. The first-order valence-electron chi connectivity index (χ1n) is 6.99. The number of amides is 2. The molecule has 0 unspecified atom stereocenters. The largest absolute Gasteiger partial charge is 0.376 e. The van der Waals surface area contributed by atoms with Gasteiger partial charge in [-0.05, 0) is 25.0 Å². The Labute approximate surface area is 118 Å². The third-order valence-corrected chi connectivity index (χ3v) is 3.28. The van der Waals surface area contributed by atoms with Gasteiger partial charge < -0.3 is 15.4 Å². The SMILES string of the molecule is CCC(=O)Nc1ccccc1C(=O)NC[C@H]1CCCO1. The Bertz CT molecular complexity index is 482. The van der Waals surface area contributed by atoms with E-state index < -0.39 is 0 Å². The molecule has 2 N–H and O–H groups in total. The lowest BCUT2D eigenvalue weighted by molar-refractivity contribution is -0.115. The molecule has 5 heteroatoms. The number of ether oxygens (including phenoxy) is 1. The maximum atomic E-state index is 12.2. The summed E-state index contributed by atoms with van der Waals surface area (Å²) in [5.41, 5.74) is 1.02. The monoisotopic (exact) mass is 276 g/mol. The molecule has 1 heterocycles. The quantitative estimate of drug-likeness (QED) is 0.863. The normalized spacial score (nSPS) is 17.8. The number of carbonyl (C=O) groups excluding carboxylic acids is 2. The maximum Gasteiger partial charge on any atom is 0.253 e. The van der Waals surface area contributed by atoms with Gasteiger partial charge in [-0.25, -0.2) is 0 Å². The van der Waals surface area contributed by atoms with E-state index >= 15 is 0 Å². The van der Waals surface area contributed by atoms with E-state index in [2.05, 4.69) is 10.6 Å². The highest BCUT2D eigenvalue weighted by atomic mass is 16.5. The fraction of sp³-hybridized carbons (Fsp3) is 0.467. The van der Waals surface area contributed by atoms with Crippen LogP contribution in [0.3, 0.4) is 0 Å². The molecule has 1 atom stereocenters. The average Bonchev–Trinajstić information content (AvgIpc) is 2.98. The fourth-order valence-electron chi connectivity index (χ4n) is 2.14. The van der Waals surface area contributed by atoms with Gasteiger partial charge in [0.15, 0.2) is 0 Å². The van der Waals surface area contributed by atoms with Crippen LogP contribution < -0.4 is 10.6 Å². The molecule has 1 aromatic rings. The van der Waals surface area contributed by atoms with Crippen molar-refractivity contribution < 1.29 is 14.3 Å². The van der Waals surface area contributed by atoms with E-state index in [0.717, 1.165) is 19.4 Å². The van der Waals surface area contributed by atoms with Crippen molar-refractivity contribution in [1.82, 2.24) is 5.32 Å². The number of nitrogens with one attached hydrogen (secondary N) is 2. The zero-order valence-electron chi connectivity index (χ0n) is 11.6. The molecule has 108 valence electrons. The van der Waals surface area contributed by atoms with Crippen LogP contribution in [0.2, 0.25) is 0 Å². The highest BCUT2D eigenvalue weighted by Crippen LogP contribution is 2.16. The van der Waals surface area contributed by atoms with Crippen LogP contribution in [0.5, 0.6) is 0 Å². The van der Waals surface area contributed by atoms with Gasteiger partial charge in [0.2, 0.25) is 5.91 Å². The average molecular weight is 276 g/mol. The van der Waals surface area contributed by atoms with Crippen molar-refractivity contribution in [3.63, 3.8) is 0 Å². The summed E-state index contributed by atoms with van der Waals surface area (Å²) in [6.45, 7) is 3.05. The number of hydrogen-bond donors (Lipinski definition) is 2. The van der Waals surface area contributed by atoms with E-state index in [1.54, 1.807) is 31.2 Å². The second-order valence-corrected chi connectivity index (χ2v) is 4.79. The van der Waals surface area contributed by atoms with Gasteiger partial charge in [-0.2, -0.15) is 0 Å². The number of rotatable bonds is 5. The second-order valence-electron chi connectivity index (χ2n) is 4.79. The van der Waals surface area contributed by atoms with Gasteiger partial charge in [0.05, 0.1) is 17.4 Å². The van der Waals surface area contributed by atoms with Crippen LogP contribution in [0, 0.1) is 0 Å². The van der Waals surface area contributed by atoms with Crippen molar-refractivity contribution in [2.24, 2.45) is 0 Å². The zero-order valence-corrected chi connectivity index (χ0v) is 11.6. The van der Waals surface area contributed by atoms with Crippen LogP contribution in [-0.4, -0.2) is 31.1 Å². The first-order chi connectivity index (χ1) is 9.70. The molecule has 0 aromatic heterocycles. The first-order valence-corrected chi connectivity index (χ1v) is 6.99. The van der Waals surface area contributed by atoms with Crippen LogP contribution in [0.25, 0.3) is 0 Å². The summed E-state index contributed by atoms with van der Waals surface area (Å²) in [5, 5.41) is 5.60. The van der Waals surface area contributed by atoms with Gasteiger partial charge in [-0.1, -0.05) is 19.1 Å². The lowest BCUT2D eigenvalue weighted by Gasteiger charge is -2.13. The molecule has 2 amide bonds. The topological polar surface area (TPSA) is 67.4 Å². The highest BCUT2D eigenvalue weighted by molar-refractivity contribution is 6.03. The van der Waals surface area contributed by atoms with Crippen molar-refractivity contribution in [1.29, 1.82) is 0 Å². The molecule has 2 rings (SSSR count). The molecule has 5 nitrogen and oxygen atoms in total. The van der Waals surface area contributed by atoms with E-state index in [9.17, 15) is 9.59 Å². The molecule has 0 aliphatic carbocycles. The highest BCUT2D eigenvalue weighted by Gasteiger charge is 2.18. The molecule has 20 heavy (non-hydrogen) atoms. The predicted octanol–water partition coefficient (Wildman–Crippen LogP) is 1.94. The Morgan fingerprint density at radius 2 is 2.15 bits per heavy atom. The van der Waals surface area contributed by atoms with Crippen molar-refractivity contribution >= 4 is 17.5 Å². The number of benzene rings is 1. The van der Waals surface area contributed by atoms with Crippen molar-refractivity contribution in [2.75, 3.05) is 18.5 Å². The molecular weight excluding hydrogens is 256 g/mol. The van der Waals surface area contributed by atoms with Gasteiger partial charge in [-0.15, -0.1) is 0 Å². The van der Waals surface area contributed by atoms with E-state index in [0.29, 0.717) is 24.2 Å². The van der Waals surface area contributed by atoms with E-state index in [1.807, 2.05) is 0 Å². The summed E-state index contributed by atoms with van der Waals surface area (Å²) < 4.78 is 5.47. The number of carbonyl (C=O) groups is 2. The minimum Gasteiger partial charge on any atom is -0.376 e. The predicted molar refractivity (Wildman–Crippen MR) is 76.7 cm³/mol. The summed E-state index contributed by atoms with van der Waals surface area (Å²) in [6.07, 6.45) is 2.51. The Morgan fingerprint density at radius 3 is 2.85 bits per heavy atom. The second kappa shape index (κ2) is 7.05. The van der Waals surface area contributed by atoms with Gasteiger partial charge in [0.25, 0.3) is 5.91 Å². The standard InChI is InChI=1S/C15H20N2O3/c1-2-14(18)17-13-8-4-3-7-12(13)15(19)16-10-11-6-5-9-20-11/h3-4,7-8,11H,2,5-6,9-10H2,1H3,(H,16,19)(H,17,18)/t11-/m1/s1. The van der Waals surface area contributed by atoms with E-state index in [4.69, 9.17) is 4.74 Å². The Balaban J connectivity index is 1.99.